The highest BCUT2D eigenvalue weighted by Crippen LogP contribution is 2.20. The summed E-state index contributed by atoms with van der Waals surface area (Å²) in [6, 6.07) is 5.59. The first-order valence-corrected chi connectivity index (χ1v) is 14.1. The number of fused-ring (bicyclic) bond motifs is 1. The van der Waals surface area contributed by atoms with Crippen LogP contribution in [0.1, 0.15) is 84.0 Å². The largest absolute Gasteiger partial charge is 0.318 e. The highest BCUT2D eigenvalue weighted by molar-refractivity contribution is 7.89. The van der Waals surface area contributed by atoms with Gasteiger partial charge >= 0.3 is 0 Å². The maximum absolute atomic E-state index is 12.2. The summed E-state index contributed by atoms with van der Waals surface area (Å²) in [6.45, 7) is 2.25. The van der Waals surface area contributed by atoms with Gasteiger partial charge in [0.1, 0.15) is 0 Å². The number of rotatable bonds is 15. The number of aryl methyl sites for hydroxylation is 1. The predicted octanol–water partition coefficient (Wildman–Crippen LogP) is 6.33. The third kappa shape index (κ3) is 8.98. The van der Waals surface area contributed by atoms with Crippen LogP contribution in [0.15, 0.2) is 23.3 Å². The molecule has 0 aliphatic heterocycles. The molecule has 0 fully saturated rings. The third-order valence-electron chi connectivity index (χ3n) is 5.32. The van der Waals surface area contributed by atoms with Crippen molar-refractivity contribution in [2.24, 2.45) is 12.1 Å². The lowest BCUT2D eigenvalue weighted by Gasteiger charge is -2.04. The summed E-state index contributed by atoms with van der Waals surface area (Å²) < 4.78 is 27.3. The molecule has 0 unspecified atom stereocenters. The lowest BCUT2D eigenvalue weighted by Crippen LogP contribution is -2.25. The van der Waals surface area contributed by atoms with Crippen LogP contribution >= 0.6 is 22.9 Å². The van der Waals surface area contributed by atoms with E-state index in [0.29, 0.717) is 16.2 Å². The Balaban J connectivity index is 1.63. The van der Waals surface area contributed by atoms with Gasteiger partial charge in [0.2, 0.25) is 14.8 Å². The molecule has 1 N–H and O–H groups in total. The average molecular weight is 474 g/mol. The lowest BCUT2D eigenvalue weighted by molar-refractivity contribution is 0.544. The van der Waals surface area contributed by atoms with Gasteiger partial charge in [-0.2, -0.15) is 0 Å². The van der Waals surface area contributed by atoms with Gasteiger partial charge in [-0.25, -0.2) is 13.2 Å². The number of sulfonamides is 1. The number of hydrogen-bond acceptors (Lipinski definition) is 4. The van der Waals surface area contributed by atoms with E-state index in [1.54, 1.807) is 0 Å². The van der Waals surface area contributed by atoms with E-state index in [1.165, 1.54) is 69.1 Å². The summed E-state index contributed by atoms with van der Waals surface area (Å²) in [5.74, 6) is 0.119. The van der Waals surface area contributed by atoms with Crippen LogP contribution in [0.5, 0.6) is 0 Å². The number of nitrogens with zero attached hydrogens (tertiary/aromatic N) is 2. The second kappa shape index (κ2) is 13.4. The van der Waals surface area contributed by atoms with Gasteiger partial charge in [-0.05, 0) is 24.6 Å². The molecule has 8 heteroatoms. The average Bonchev–Trinajstić information content (AvgIpc) is 3.02. The second-order valence-corrected chi connectivity index (χ2v) is 11.2. The molecule has 5 nitrogen and oxygen atoms in total. The van der Waals surface area contributed by atoms with Crippen molar-refractivity contribution in [3.05, 3.63) is 28.0 Å². The van der Waals surface area contributed by atoms with Gasteiger partial charge in [-0.3, -0.25) is 0 Å². The van der Waals surface area contributed by atoms with Crippen molar-refractivity contribution in [2.75, 3.05) is 5.75 Å². The van der Waals surface area contributed by atoms with Crippen LogP contribution in [-0.4, -0.2) is 18.7 Å². The fraction of sp³-hybridized carbons (Fsp3) is 0.682. The minimum Gasteiger partial charge on any atom is -0.318 e. The van der Waals surface area contributed by atoms with Crippen LogP contribution in [0.3, 0.4) is 0 Å². The zero-order valence-corrected chi connectivity index (χ0v) is 20.7. The van der Waals surface area contributed by atoms with Crippen molar-refractivity contribution in [1.29, 1.82) is 0 Å². The first kappa shape index (κ1) is 25.2. The maximum atomic E-state index is 12.2. The molecule has 0 amide bonds. The van der Waals surface area contributed by atoms with Crippen LogP contribution in [0, 0.1) is 0 Å². The number of halogens is 1. The van der Waals surface area contributed by atoms with E-state index in [2.05, 4.69) is 16.9 Å². The molecular weight excluding hydrogens is 438 g/mol. The Morgan fingerprint density at radius 3 is 2.13 bits per heavy atom. The Morgan fingerprint density at radius 1 is 0.967 bits per heavy atom. The highest BCUT2D eigenvalue weighted by Gasteiger charge is 2.09. The summed E-state index contributed by atoms with van der Waals surface area (Å²) in [5.41, 5.74) is 0.936. The number of unbranched alkanes of at least 4 members (excludes halogenated alkanes) is 11. The number of thiazole rings is 1. The second-order valence-electron chi connectivity index (χ2n) is 7.97. The van der Waals surface area contributed by atoms with E-state index < -0.39 is 10.0 Å². The first-order valence-electron chi connectivity index (χ1n) is 11.2. The van der Waals surface area contributed by atoms with E-state index in [0.717, 1.165) is 23.1 Å². The molecule has 0 saturated heterocycles. The summed E-state index contributed by atoms with van der Waals surface area (Å²) in [5, 5.41) is 4.77. The Labute approximate surface area is 190 Å². The standard InChI is InChI=1S/C22H36ClN3O2S2/c1-3-4-5-6-7-8-9-10-11-12-13-14-17-30(27,28)25-24-22-26(2)20-18-19(23)15-16-21(20)29-22/h15-16,18,25H,3-14,17H2,1-2H3/b24-22+. The predicted molar refractivity (Wildman–Crippen MR) is 129 cm³/mol. The molecule has 0 bridgehead atoms. The molecule has 170 valence electrons. The summed E-state index contributed by atoms with van der Waals surface area (Å²) in [4.78, 5) is 2.99. The molecule has 0 saturated carbocycles. The molecule has 2 rings (SSSR count). The fourth-order valence-electron chi connectivity index (χ4n) is 3.49. The van der Waals surface area contributed by atoms with Crippen molar-refractivity contribution in [3.8, 4) is 0 Å². The highest BCUT2D eigenvalue weighted by atomic mass is 35.5. The van der Waals surface area contributed by atoms with E-state index in [-0.39, 0.29) is 5.75 Å². The molecule has 0 radical (unpaired) electrons. The molecule has 0 spiro atoms. The lowest BCUT2D eigenvalue weighted by atomic mass is 10.1. The van der Waals surface area contributed by atoms with Gasteiger partial charge in [0.05, 0.1) is 16.0 Å². The third-order valence-corrected chi connectivity index (χ3v) is 7.86. The van der Waals surface area contributed by atoms with Crippen molar-refractivity contribution >= 4 is 43.2 Å². The van der Waals surface area contributed by atoms with Gasteiger partial charge in [-0.1, -0.05) is 100 Å². The van der Waals surface area contributed by atoms with E-state index >= 15 is 0 Å². The monoisotopic (exact) mass is 473 g/mol. The van der Waals surface area contributed by atoms with Crippen LogP contribution in [0.2, 0.25) is 5.02 Å². The first-order chi connectivity index (χ1) is 14.4. The van der Waals surface area contributed by atoms with E-state index in [9.17, 15) is 8.42 Å². The van der Waals surface area contributed by atoms with Crippen molar-refractivity contribution in [2.45, 2.75) is 84.0 Å². The fourth-order valence-corrected chi connectivity index (χ4v) is 5.58. The number of nitrogens with one attached hydrogen (secondary N) is 1. The topological polar surface area (TPSA) is 63.5 Å². The molecule has 0 atom stereocenters. The minimum atomic E-state index is -3.40. The van der Waals surface area contributed by atoms with Gasteiger partial charge in [0, 0.05) is 12.1 Å². The van der Waals surface area contributed by atoms with Crippen LogP contribution < -0.4 is 9.63 Å². The maximum Gasteiger partial charge on any atom is 0.247 e. The molecule has 1 heterocycles. The molecule has 1 aromatic carbocycles. The van der Waals surface area contributed by atoms with Crippen molar-refractivity contribution in [3.63, 3.8) is 0 Å². The molecule has 30 heavy (non-hydrogen) atoms. The number of hydrogen-bond donors (Lipinski definition) is 1. The van der Waals surface area contributed by atoms with Gasteiger partial charge < -0.3 is 4.57 Å². The molecule has 2 aromatic rings. The summed E-state index contributed by atoms with van der Waals surface area (Å²) in [7, 11) is -1.55. The smallest absolute Gasteiger partial charge is 0.247 e. The number of benzene rings is 1. The van der Waals surface area contributed by atoms with Crippen molar-refractivity contribution in [1.82, 2.24) is 9.40 Å². The van der Waals surface area contributed by atoms with Gasteiger partial charge in [-0.15, -0.1) is 5.10 Å². The van der Waals surface area contributed by atoms with Gasteiger partial charge in [0.25, 0.3) is 0 Å². The molecular formula is C22H36ClN3O2S2. The SMILES string of the molecule is CCCCCCCCCCCCCCS(=O)(=O)N/N=c1/sc2ccc(Cl)cc2n1C. The molecule has 0 aliphatic rings. The van der Waals surface area contributed by atoms with E-state index in [1.807, 2.05) is 29.8 Å². The van der Waals surface area contributed by atoms with E-state index in [4.69, 9.17) is 11.6 Å². The van der Waals surface area contributed by atoms with Crippen LogP contribution in [0.4, 0.5) is 0 Å². The molecule has 1 aromatic heterocycles. The Kier molecular flexibility index (Phi) is 11.2. The Bertz CT molecular complexity index is 935. The zero-order chi connectivity index (χ0) is 21.8. The minimum absolute atomic E-state index is 0.119. The normalized spacial score (nSPS) is 12.7. The molecule has 0 aliphatic carbocycles. The van der Waals surface area contributed by atoms with Crippen molar-refractivity contribution < 1.29 is 8.42 Å². The Hall–Kier alpha value is -1.05. The van der Waals surface area contributed by atoms with Crippen LogP contribution in [0.25, 0.3) is 10.2 Å². The Morgan fingerprint density at radius 2 is 1.53 bits per heavy atom. The van der Waals surface area contributed by atoms with Gasteiger partial charge in [0.15, 0.2) is 0 Å². The summed E-state index contributed by atoms with van der Waals surface area (Å²) >= 11 is 7.47. The quantitative estimate of drug-likeness (QED) is 0.242. The summed E-state index contributed by atoms with van der Waals surface area (Å²) in [6.07, 6.45) is 14.6. The zero-order valence-electron chi connectivity index (χ0n) is 18.3. The number of aromatic nitrogens is 1. The van der Waals surface area contributed by atoms with Crippen LogP contribution in [-0.2, 0) is 17.1 Å².